The molecule has 118 valence electrons. The molecule has 0 aliphatic heterocycles. The molecule has 4 nitrogen and oxygen atoms in total. The van der Waals surface area contributed by atoms with Gasteiger partial charge < -0.3 is 9.84 Å². The standard InChI is InChI=1S/C18H23NO3/c1-13-6-7-14(8-9-18(2,3)4)10-15(13)11-16(19-12-20)17(21)22-5/h6-7,10,20H,11-12H2,1-5H3. The van der Waals surface area contributed by atoms with Crippen LogP contribution in [0.25, 0.3) is 0 Å². The average molecular weight is 301 g/mol. The van der Waals surface area contributed by atoms with E-state index in [1.165, 1.54) is 7.11 Å². The number of benzene rings is 1. The van der Waals surface area contributed by atoms with Gasteiger partial charge in [0, 0.05) is 17.4 Å². The number of carbonyl (C=O) groups excluding carboxylic acids is 1. The predicted molar refractivity (Wildman–Crippen MR) is 87.8 cm³/mol. The zero-order valence-electron chi connectivity index (χ0n) is 13.9. The molecule has 0 spiro atoms. The van der Waals surface area contributed by atoms with Crippen LogP contribution in [0.4, 0.5) is 0 Å². The van der Waals surface area contributed by atoms with Crippen LogP contribution < -0.4 is 0 Å². The molecule has 0 bridgehead atoms. The Hall–Kier alpha value is -2.12. The summed E-state index contributed by atoms with van der Waals surface area (Å²) in [5.41, 5.74) is 3.01. The van der Waals surface area contributed by atoms with Crippen molar-refractivity contribution in [2.45, 2.75) is 34.1 Å². The highest BCUT2D eigenvalue weighted by molar-refractivity contribution is 6.36. The van der Waals surface area contributed by atoms with Gasteiger partial charge in [0.25, 0.3) is 0 Å². The van der Waals surface area contributed by atoms with Gasteiger partial charge in [-0.3, -0.25) is 4.99 Å². The Bertz CT molecular complexity index is 628. The number of hydrogen-bond acceptors (Lipinski definition) is 4. The summed E-state index contributed by atoms with van der Waals surface area (Å²) in [7, 11) is 1.30. The van der Waals surface area contributed by atoms with E-state index >= 15 is 0 Å². The van der Waals surface area contributed by atoms with E-state index in [4.69, 9.17) is 9.84 Å². The number of esters is 1. The summed E-state index contributed by atoms with van der Waals surface area (Å²) in [6, 6.07) is 5.87. The summed E-state index contributed by atoms with van der Waals surface area (Å²) in [4.78, 5) is 15.5. The first-order valence-electron chi connectivity index (χ1n) is 7.12. The molecule has 0 aromatic heterocycles. The molecule has 4 heteroatoms. The van der Waals surface area contributed by atoms with Crippen molar-refractivity contribution in [2.75, 3.05) is 13.8 Å². The SMILES string of the molecule is COC(=O)C(Cc1cc(C#CC(C)(C)C)ccc1C)=NCO. The van der Waals surface area contributed by atoms with Gasteiger partial charge in [-0.25, -0.2) is 4.79 Å². The van der Waals surface area contributed by atoms with E-state index in [0.717, 1.165) is 16.7 Å². The summed E-state index contributed by atoms with van der Waals surface area (Å²) in [5, 5.41) is 8.94. The van der Waals surface area contributed by atoms with Crippen LogP contribution in [-0.2, 0) is 16.0 Å². The zero-order chi connectivity index (χ0) is 16.8. The van der Waals surface area contributed by atoms with Crippen molar-refractivity contribution in [3.8, 4) is 11.8 Å². The fourth-order valence-corrected chi connectivity index (χ4v) is 1.78. The molecule has 0 amide bonds. The minimum atomic E-state index is -0.528. The molecule has 0 aliphatic carbocycles. The molecule has 1 N–H and O–H groups in total. The second kappa shape index (κ2) is 7.77. The topological polar surface area (TPSA) is 58.9 Å². The number of methoxy groups -OCH3 is 1. The second-order valence-corrected chi connectivity index (χ2v) is 6.06. The first kappa shape index (κ1) is 17.9. The maximum Gasteiger partial charge on any atom is 0.352 e. The summed E-state index contributed by atoms with van der Waals surface area (Å²) in [6.45, 7) is 7.69. The molecule has 0 atom stereocenters. The van der Waals surface area contributed by atoms with Gasteiger partial charge in [-0.2, -0.15) is 0 Å². The van der Waals surface area contributed by atoms with Crippen molar-refractivity contribution in [1.29, 1.82) is 0 Å². The highest BCUT2D eigenvalue weighted by Crippen LogP contribution is 2.15. The second-order valence-electron chi connectivity index (χ2n) is 6.06. The van der Waals surface area contributed by atoms with Gasteiger partial charge in [-0.1, -0.05) is 17.9 Å². The molecule has 0 radical (unpaired) electrons. The largest absolute Gasteiger partial charge is 0.465 e. The molecule has 1 aromatic carbocycles. The fourth-order valence-electron chi connectivity index (χ4n) is 1.78. The van der Waals surface area contributed by atoms with E-state index in [1.807, 2.05) is 25.1 Å². The van der Waals surface area contributed by atoms with Crippen LogP contribution in [0.1, 0.15) is 37.5 Å². The monoisotopic (exact) mass is 301 g/mol. The van der Waals surface area contributed by atoms with Gasteiger partial charge >= 0.3 is 5.97 Å². The third kappa shape index (κ3) is 5.71. The number of ether oxygens (including phenoxy) is 1. The molecule has 0 aliphatic rings. The minimum Gasteiger partial charge on any atom is -0.465 e. The average Bonchev–Trinajstić information content (AvgIpc) is 2.45. The third-order valence-electron chi connectivity index (χ3n) is 2.97. The molecule has 22 heavy (non-hydrogen) atoms. The molecule has 1 aromatic rings. The Labute approximate surface area is 132 Å². The van der Waals surface area contributed by atoms with Crippen molar-refractivity contribution in [3.05, 3.63) is 34.9 Å². The van der Waals surface area contributed by atoms with Crippen LogP contribution in [0.15, 0.2) is 23.2 Å². The fraction of sp³-hybridized carbons (Fsp3) is 0.444. The number of aryl methyl sites for hydroxylation is 1. The highest BCUT2D eigenvalue weighted by atomic mass is 16.5. The quantitative estimate of drug-likeness (QED) is 0.528. The van der Waals surface area contributed by atoms with Crippen molar-refractivity contribution >= 4 is 11.7 Å². The van der Waals surface area contributed by atoms with Crippen molar-refractivity contribution in [1.82, 2.24) is 0 Å². The summed E-state index contributed by atoms with van der Waals surface area (Å²) in [5.74, 6) is 5.80. The Morgan fingerprint density at radius 3 is 2.59 bits per heavy atom. The highest BCUT2D eigenvalue weighted by Gasteiger charge is 2.14. The first-order chi connectivity index (χ1) is 10.3. The normalized spacial score (nSPS) is 11.6. The molecule has 0 unspecified atom stereocenters. The maximum absolute atomic E-state index is 11.7. The lowest BCUT2D eigenvalue weighted by atomic mass is 9.96. The molecule has 0 fully saturated rings. The molecule has 0 heterocycles. The number of nitrogens with zero attached hydrogens (tertiary/aromatic N) is 1. The van der Waals surface area contributed by atoms with Crippen molar-refractivity contribution in [2.24, 2.45) is 10.4 Å². The van der Waals surface area contributed by atoms with Gasteiger partial charge in [0.1, 0.15) is 12.4 Å². The molecular formula is C18H23NO3. The predicted octanol–water partition coefficient (Wildman–Crippen LogP) is 2.50. The van der Waals surface area contributed by atoms with Crippen LogP contribution in [0.5, 0.6) is 0 Å². The summed E-state index contributed by atoms with van der Waals surface area (Å²) in [6.07, 6.45) is 0.310. The Balaban J connectivity index is 3.11. The molecule has 0 saturated carbocycles. The Morgan fingerprint density at radius 1 is 1.36 bits per heavy atom. The van der Waals surface area contributed by atoms with Crippen LogP contribution in [0.2, 0.25) is 0 Å². The van der Waals surface area contributed by atoms with E-state index in [2.05, 4.69) is 37.6 Å². The summed E-state index contributed by atoms with van der Waals surface area (Å²) < 4.78 is 4.69. The smallest absolute Gasteiger partial charge is 0.352 e. The van der Waals surface area contributed by atoms with E-state index < -0.39 is 12.7 Å². The lowest BCUT2D eigenvalue weighted by Crippen LogP contribution is -2.19. The number of aliphatic imine (C=N–C) groups is 1. The number of rotatable bonds is 4. The molecule has 1 rings (SSSR count). The molecule has 0 saturated heterocycles. The van der Waals surface area contributed by atoms with Crippen LogP contribution >= 0.6 is 0 Å². The first-order valence-corrected chi connectivity index (χ1v) is 7.12. The number of aliphatic hydroxyl groups is 1. The van der Waals surface area contributed by atoms with Crippen molar-refractivity contribution < 1.29 is 14.6 Å². The Morgan fingerprint density at radius 2 is 2.05 bits per heavy atom. The van der Waals surface area contributed by atoms with Crippen LogP contribution in [0.3, 0.4) is 0 Å². The zero-order valence-corrected chi connectivity index (χ0v) is 13.9. The molecular weight excluding hydrogens is 278 g/mol. The minimum absolute atomic E-state index is 0.0689. The lowest BCUT2D eigenvalue weighted by molar-refractivity contribution is -0.132. The van der Waals surface area contributed by atoms with E-state index in [0.29, 0.717) is 6.42 Å². The Kier molecular flexibility index (Phi) is 6.33. The van der Waals surface area contributed by atoms with Crippen LogP contribution in [0, 0.1) is 24.2 Å². The van der Waals surface area contributed by atoms with Gasteiger partial charge in [0.2, 0.25) is 0 Å². The number of carbonyl (C=O) groups is 1. The number of aliphatic hydroxyl groups excluding tert-OH is 1. The van der Waals surface area contributed by atoms with Crippen LogP contribution in [-0.4, -0.2) is 30.6 Å². The lowest BCUT2D eigenvalue weighted by Gasteiger charge is -2.09. The maximum atomic E-state index is 11.7. The van der Waals surface area contributed by atoms with Crippen molar-refractivity contribution in [3.63, 3.8) is 0 Å². The van der Waals surface area contributed by atoms with E-state index in [1.54, 1.807) is 0 Å². The van der Waals surface area contributed by atoms with Gasteiger partial charge in [-0.15, -0.1) is 0 Å². The van der Waals surface area contributed by atoms with E-state index in [-0.39, 0.29) is 11.1 Å². The van der Waals surface area contributed by atoms with Gasteiger partial charge in [0.15, 0.2) is 0 Å². The van der Waals surface area contributed by atoms with Gasteiger partial charge in [0.05, 0.1) is 7.11 Å². The van der Waals surface area contributed by atoms with E-state index in [9.17, 15) is 4.79 Å². The third-order valence-corrected chi connectivity index (χ3v) is 2.97. The summed E-state index contributed by atoms with van der Waals surface area (Å²) >= 11 is 0. The van der Waals surface area contributed by atoms with Gasteiger partial charge in [-0.05, 0) is 51.0 Å². The number of hydrogen-bond donors (Lipinski definition) is 1.